The maximum absolute atomic E-state index is 12.3. The lowest BCUT2D eigenvalue weighted by Gasteiger charge is -2.08. The summed E-state index contributed by atoms with van der Waals surface area (Å²) >= 11 is 6.72. The molecule has 0 radical (unpaired) electrons. The Morgan fingerprint density at radius 3 is 2.42 bits per heavy atom. The molecular formula is C18H12Br2N2O4. The molecule has 132 valence electrons. The van der Waals surface area contributed by atoms with Gasteiger partial charge in [0.2, 0.25) is 0 Å². The smallest absolute Gasteiger partial charge is 0.335 e. The minimum Gasteiger partial charge on any atom is -0.494 e. The van der Waals surface area contributed by atoms with Gasteiger partial charge in [-0.3, -0.25) is 4.79 Å². The summed E-state index contributed by atoms with van der Waals surface area (Å²) in [6.45, 7) is 0. The summed E-state index contributed by atoms with van der Waals surface area (Å²) in [4.78, 5) is 23.3. The van der Waals surface area contributed by atoms with Crippen LogP contribution < -0.4 is 10.1 Å². The lowest BCUT2D eigenvalue weighted by atomic mass is 10.1. The van der Waals surface area contributed by atoms with E-state index in [4.69, 9.17) is 9.84 Å². The monoisotopic (exact) mass is 478 g/mol. The average molecular weight is 480 g/mol. The van der Waals surface area contributed by atoms with Crippen molar-refractivity contribution in [3.05, 3.63) is 62.0 Å². The molecule has 1 amide bonds. The molecule has 2 aromatic carbocycles. The van der Waals surface area contributed by atoms with Crippen LogP contribution in [0.3, 0.4) is 0 Å². The highest BCUT2D eigenvalue weighted by Gasteiger charge is 2.13. The van der Waals surface area contributed by atoms with Gasteiger partial charge in [-0.15, -0.1) is 0 Å². The molecule has 0 spiro atoms. The molecule has 0 aromatic heterocycles. The van der Waals surface area contributed by atoms with Crippen LogP contribution in [0.25, 0.3) is 6.08 Å². The molecule has 0 saturated heterocycles. The van der Waals surface area contributed by atoms with Crippen molar-refractivity contribution in [2.24, 2.45) is 0 Å². The number of amides is 1. The van der Waals surface area contributed by atoms with Crippen LogP contribution >= 0.6 is 31.9 Å². The number of nitriles is 1. The van der Waals surface area contributed by atoms with Gasteiger partial charge in [0.1, 0.15) is 17.4 Å². The van der Waals surface area contributed by atoms with Gasteiger partial charge >= 0.3 is 5.97 Å². The van der Waals surface area contributed by atoms with E-state index in [1.54, 1.807) is 18.2 Å². The fraction of sp³-hybridized carbons (Fsp3) is 0.0556. The van der Waals surface area contributed by atoms with Gasteiger partial charge in [-0.1, -0.05) is 6.07 Å². The Morgan fingerprint density at radius 1 is 1.23 bits per heavy atom. The highest BCUT2D eigenvalue weighted by atomic mass is 79.9. The van der Waals surface area contributed by atoms with Crippen molar-refractivity contribution in [2.75, 3.05) is 12.4 Å². The molecule has 0 heterocycles. The first-order chi connectivity index (χ1) is 12.3. The van der Waals surface area contributed by atoms with Crippen molar-refractivity contribution < 1.29 is 19.4 Å². The van der Waals surface area contributed by atoms with Crippen LogP contribution in [0.15, 0.2) is 50.9 Å². The van der Waals surface area contributed by atoms with Gasteiger partial charge in [0.15, 0.2) is 0 Å². The first kappa shape index (κ1) is 19.7. The van der Waals surface area contributed by atoms with E-state index < -0.39 is 11.9 Å². The van der Waals surface area contributed by atoms with Crippen molar-refractivity contribution in [2.45, 2.75) is 0 Å². The number of rotatable bonds is 5. The van der Waals surface area contributed by atoms with E-state index in [2.05, 4.69) is 37.2 Å². The number of carboxylic acids is 1. The molecule has 0 unspecified atom stereocenters. The second-order valence-corrected chi connectivity index (χ2v) is 6.74. The maximum Gasteiger partial charge on any atom is 0.335 e. The molecule has 2 rings (SSSR count). The van der Waals surface area contributed by atoms with E-state index in [1.807, 2.05) is 6.07 Å². The number of anilines is 1. The van der Waals surface area contributed by atoms with Crippen LogP contribution in [0.4, 0.5) is 5.69 Å². The van der Waals surface area contributed by atoms with Crippen LogP contribution in [0.1, 0.15) is 15.9 Å². The average Bonchev–Trinajstić information content (AvgIpc) is 2.59. The second kappa shape index (κ2) is 8.65. The third-order valence-corrected chi connectivity index (χ3v) is 4.45. The maximum atomic E-state index is 12.3. The molecule has 0 aliphatic heterocycles. The number of ether oxygens (including phenoxy) is 1. The number of carbonyl (C=O) groups excluding carboxylic acids is 1. The lowest BCUT2D eigenvalue weighted by molar-refractivity contribution is -0.112. The van der Waals surface area contributed by atoms with E-state index in [1.165, 1.54) is 31.4 Å². The van der Waals surface area contributed by atoms with Crippen molar-refractivity contribution in [1.82, 2.24) is 0 Å². The summed E-state index contributed by atoms with van der Waals surface area (Å²) in [5.41, 5.74) is 0.798. The fourth-order valence-electron chi connectivity index (χ4n) is 2.10. The van der Waals surface area contributed by atoms with Crippen molar-refractivity contribution >= 4 is 55.5 Å². The van der Waals surface area contributed by atoms with Crippen LogP contribution in [-0.2, 0) is 4.79 Å². The minimum absolute atomic E-state index is 0.0355. The number of nitrogens with one attached hydrogen (secondary N) is 1. The number of methoxy groups -OCH3 is 1. The Hall–Kier alpha value is -2.63. The van der Waals surface area contributed by atoms with Crippen LogP contribution in [0.5, 0.6) is 5.75 Å². The number of hydrogen-bond donors (Lipinski definition) is 2. The molecule has 0 fully saturated rings. The summed E-state index contributed by atoms with van der Waals surface area (Å²) in [5, 5.41) is 20.8. The van der Waals surface area contributed by atoms with Gasteiger partial charge in [-0.2, -0.15) is 5.26 Å². The van der Waals surface area contributed by atoms with E-state index in [9.17, 15) is 14.9 Å². The molecule has 2 N–H and O–H groups in total. The summed E-state index contributed by atoms with van der Waals surface area (Å²) in [6.07, 6.45) is 1.42. The summed E-state index contributed by atoms with van der Waals surface area (Å²) in [6, 6.07) is 11.0. The molecule has 8 heteroatoms. The highest BCUT2D eigenvalue weighted by molar-refractivity contribution is 9.11. The topological polar surface area (TPSA) is 99.4 Å². The largest absolute Gasteiger partial charge is 0.494 e. The van der Waals surface area contributed by atoms with E-state index in [-0.39, 0.29) is 16.8 Å². The normalized spacial score (nSPS) is 10.8. The number of halogens is 2. The predicted octanol–water partition coefficient (Wildman–Crippen LogP) is 4.46. The van der Waals surface area contributed by atoms with Gasteiger partial charge in [0.25, 0.3) is 5.91 Å². The Labute approximate surface area is 166 Å². The quantitative estimate of drug-likeness (QED) is 0.487. The number of carboxylic acid groups (broad SMARTS) is 1. The lowest BCUT2D eigenvalue weighted by Crippen LogP contribution is -2.14. The zero-order valence-electron chi connectivity index (χ0n) is 13.4. The van der Waals surface area contributed by atoms with Crippen LogP contribution in [0, 0.1) is 11.3 Å². The number of benzene rings is 2. The van der Waals surface area contributed by atoms with Gasteiger partial charge in [-0.05, 0) is 73.8 Å². The van der Waals surface area contributed by atoms with Crippen molar-refractivity contribution in [3.8, 4) is 11.8 Å². The van der Waals surface area contributed by atoms with Crippen LogP contribution in [-0.4, -0.2) is 24.1 Å². The first-order valence-corrected chi connectivity index (χ1v) is 8.74. The second-order valence-electron chi connectivity index (χ2n) is 5.03. The third-order valence-electron chi connectivity index (χ3n) is 3.27. The van der Waals surface area contributed by atoms with Crippen LogP contribution in [0.2, 0.25) is 0 Å². The standard InChI is InChI=1S/C18H12Br2N2O4/c1-26-16-14(19)6-10(7-15(16)20)5-12(9-21)17(23)22-13-4-2-3-11(8-13)18(24)25/h2-8H,1H3,(H,22,23)(H,24,25)/b12-5-. The molecule has 0 aliphatic rings. The molecule has 26 heavy (non-hydrogen) atoms. The zero-order valence-corrected chi connectivity index (χ0v) is 16.6. The predicted molar refractivity (Wildman–Crippen MR) is 104 cm³/mol. The number of hydrogen-bond acceptors (Lipinski definition) is 4. The molecule has 6 nitrogen and oxygen atoms in total. The van der Waals surface area contributed by atoms with Gasteiger partial charge in [-0.25, -0.2) is 4.79 Å². The Bertz CT molecular complexity index is 925. The molecule has 0 aliphatic carbocycles. The Balaban J connectivity index is 2.29. The molecule has 0 bridgehead atoms. The summed E-state index contributed by atoms with van der Waals surface area (Å²) in [7, 11) is 1.53. The van der Waals surface area contributed by atoms with Crippen molar-refractivity contribution in [3.63, 3.8) is 0 Å². The summed E-state index contributed by atoms with van der Waals surface area (Å²) < 4.78 is 6.53. The summed E-state index contributed by atoms with van der Waals surface area (Å²) in [5.74, 6) is -1.15. The van der Waals surface area contributed by atoms with E-state index >= 15 is 0 Å². The number of carbonyl (C=O) groups is 2. The minimum atomic E-state index is -1.11. The van der Waals surface area contributed by atoms with Gasteiger partial charge in [0.05, 0.1) is 21.6 Å². The SMILES string of the molecule is COc1c(Br)cc(/C=C(/C#N)C(=O)Nc2cccc(C(=O)O)c2)cc1Br. The fourth-order valence-corrected chi connectivity index (χ4v) is 3.65. The number of aromatic carboxylic acids is 1. The molecule has 2 aromatic rings. The Kier molecular flexibility index (Phi) is 6.55. The molecular weight excluding hydrogens is 468 g/mol. The zero-order chi connectivity index (χ0) is 19.3. The molecule has 0 saturated carbocycles. The highest BCUT2D eigenvalue weighted by Crippen LogP contribution is 2.35. The van der Waals surface area contributed by atoms with E-state index in [0.717, 1.165) is 0 Å². The van der Waals surface area contributed by atoms with Crippen molar-refractivity contribution in [1.29, 1.82) is 5.26 Å². The van der Waals surface area contributed by atoms with E-state index in [0.29, 0.717) is 20.3 Å². The number of nitrogens with zero attached hydrogens (tertiary/aromatic N) is 1. The Morgan fingerprint density at radius 2 is 1.88 bits per heavy atom. The first-order valence-electron chi connectivity index (χ1n) is 7.15. The third kappa shape index (κ3) is 4.71. The van der Waals surface area contributed by atoms with Gasteiger partial charge < -0.3 is 15.2 Å². The van der Waals surface area contributed by atoms with Gasteiger partial charge in [0, 0.05) is 5.69 Å². The molecule has 0 atom stereocenters.